The molecular weight excluding hydrogens is 266 g/mol. The summed E-state index contributed by atoms with van der Waals surface area (Å²) in [4.78, 5) is 11.0. The van der Waals surface area contributed by atoms with E-state index in [2.05, 4.69) is 33.8 Å². The summed E-state index contributed by atoms with van der Waals surface area (Å²) in [7, 11) is 1.58. The Balaban J connectivity index is 2.59. The SMILES string of the molecule is COc1ccc([N+](=O)[O-])c(C2=CC(C)(C)CC(C)(C)C2)c1. The van der Waals surface area contributed by atoms with Gasteiger partial charge < -0.3 is 4.74 Å². The highest BCUT2D eigenvalue weighted by atomic mass is 16.6. The summed E-state index contributed by atoms with van der Waals surface area (Å²) in [6.45, 7) is 8.79. The second-order valence-electron chi connectivity index (χ2n) is 7.32. The molecule has 0 saturated heterocycles. The molecule has 1 aromatic carbocycles. The third kappa shape index (κ3) is 3.43. The van der Waals surface area contributed by atoms with Crippen LogP contribution in [0, 0.1) is 20.9 Å². The van der Waals surface area contributed by atoms with Crippen LogP contribution >= 0.6 is 0 Å². The van der Waals surface area contributed by atoms with Crippen molar-refractivity contribution in [2.24, 2.45) is 10.8 Å². The van der Waals surface area contributed by atoms with E-state index in [0.29, 0.717) is 11.3 Å². The van der Waals surface area contributed by atoms with Gasteiger partial charge in [0.15, 0.2) is 0 Å². The molecule has 21 heavy (non-hydrogen) atoms. The lowest BCUT2D eigenvalue weighted by Crippen LogP contribution is -2.26. The van der Waals surface area contributed by atoms with E-state index in [0.717, 1.165) is 18.4 Å². The lowest BCUT2D eigenvalue weighted by atomic mass is 9.65. The van der Waals surface area contributed by atoms with Crippen LogP contribution in [-0.2, 0) is 0 Å². The van der Waals surface area contributed by atoms with Crippen molar-refractivity contribution in [2.45, 2.75) is 40.5 Å². The highest BCUT2D eigenvalue weighted by Crippen LogP contribution is 2.49. The van der Waals surface area contributed by atoms with Gasteiger partial charge in [0, 0.05) is 6.07 Å². The highest BCUT2D eigenvalue weighted by Gasteiger charge is 2.35. The molecule has 1 aromatic rings. The summed E-state index contributed by atoms with van der Waals surface area (Å²) in [6.07, 6.45) is 4.09. The van der Waals surface area contributed by atoms with Crippen LogP contribution in [0.15, 0.2) is 24.3 Å². The van der Waals surface area contributed by atoms with Gasteiger partial charge in [-0.3, -0.25) is 10.1 Å². The van der Waals surface area contributed by atoms with E-state index in [1.165, 1.54) is 6.07 Å². The minimum atomic E-state index is -0.315. The minimum Gasteiger partial charge on any atom is -0.497 e. The lowest BCUT2D eigenvalue weighted by Gasteiger charge is -2.39. The van der Waals surface area contributed by atoms with Crippen LogP contribution in [0.1, 0.15) is 46.1 Å². The molecule has 0 radical (unpaired) electrons. The molecule has 0 unspecified atom stereocenters. The molecule has 0 amide bonds. The standard InChI is InChI=1S/C17H23NO3/c1-16(2)9-12(10-17(3,4)11-16)14-8-13(21-5)6-7-15(14)18(19)20/h6-9H,10-11H2,1-5H3. The number of methoxy groups -OCH3 is 1. The molecule has 0 bridgehead atoms. The Hall–Kier alpha value is -1.84. The van der Waals surface area contributed by atoms with E-state index < -0.39 is 0 Å². The molecule has 2 rings (SSSR count). The van der Waals surface area contributed by atoms with Crippen LogP contribution in [0.2, 0.25) is 0 Å². The molecule has 4 nitrogen and oxygen atoms in total. The summed E-state index contributed by atoms with van der Waals surface area (Å²) < 4.78 is 5.23. The normalized spacial score (nSPS) is 19.8. The Labute approximate surface area is 126 Å². The molecular formula is C17H23NO3. The summed E-state index contributed by atoms with van der Waals surface area (Å²) in [5, 5.41) is 11.3. The summed E-state index contributed by atoms with van der Waals surface area (Å²) in [6, 6.07) is 4.95. The quantitative estimate of drug-likeness (QED) is 0.591. The van der Waals surface area contributed by atoms with E-state index in [4.69, 9.17) is 4.74 Å². The van der Waals surface area contributed by atoms with Gasteiger partial charge >= 0.3 is 0 Å². The smallest absolute Gasteiger partial charge is 0.277 e. The van der Waals surface area contributed by atoms with Gasteiger partial charge in [0.05, 0.1) is 17.6 Å². The van der Waals surface area contributed by atoms with Crippen molar-refractivity contribution >= 4 is 11.3 Å². The zero-order valence-corrected chi connectivity index (χ0v) is 13.4. The molecule has 0 atom stereocenters. The number of hydrogen-bond donors (Lipinski definition) is 0. The third-order valence-corrected chi connectivity index (χ3v) is 3.91. The monoisotopic (exact) mass is 289 g/mol. The van der Waals surface area contributed by atoms with Crippen molar-refractivity contribution in [1.82, 2.24) is 0 Å². The van der Waals surface area contributed by atoms with Crippen LogP contribution < -0.4 is 4.74 Å². The van der Waals surface area contributed by atoms with Gasteiger partial charge in [-0.2, -0.15) is 0 Å². The zero-order valence-electron chi connectivity index (χ0n) is 13.4. The maximum absolute atomic E-state index is 11.3. The van der Waals surface area contributed by atoms with Gasteiger partial charge in [-0.15, -0.1) is 0 Å². The first-order chi connectivity index (χ1) is 9.63. The van der Waals surface area contributed by atoms with Crippen LogP contribution in [0.25, 0.3) is 5.57 Å². The van der Waals surface area contributed by atoms with Crippen LogP contribution in [0.3, 0.4) is 0 Å². The molecule has 114 valence electrons. The van der Waals surface area contributed by atoms with Crippen molar-refractivity contribution in [3.8, 4) is 5.75 Å². The fourth-order valence-corrected chi connectivity index (χ4v) is 3.62. The topological polar surface area (TPSA) is 52.4 Å². The van der Waals surface area contributed by atoms with Crippen LogP contribution in [-0.4, -0.2) is 12.0 Å². The van der Waals surface area contributed by atoms with Crippen molar-refractivity contribution in [3.63, 3.8) is 0 Å². The van der Waals surface area contributed by atoms with Gasteiger partial charge in [0.25, 0.3) is 5.69 Å². The van der Waals surface area contributed by atoms with Crippen LogP contribution in [0.4, 0.5) is 5.69 Å². The maximum atomic E-state index is 11.3. The van der Waals surface area contributed by atoms with Crippen molar-refractivity contribution in [2.75, 3.05) is 7.11 Å². The van der Waals surface area contributed by atoms with Gasteiger partial charge in [0.2, 0.25) is 0 Å². The fraction of sp³-hybridized carbons (Fsp3) is 0.529. The lowest BCUT2D eigenvalue weighted by molar-refractivity contribution is -0.385. The molecule has 0 aliphatic heterocycles. The average molecular weight is 289 g/mol. The second kappa shape index (κ2) is 5.17. The second-order valence-corrected chi connectivity index (χ2v) is 7.32. The predicted octanol–water partition coefficient (Wildman–Crippen LogP) is 4.83. The Morgan fingerprint density at radius 1 is 1.24 bits per heavy atom. The minimum absolute atomic E-state index is 0.0357. The molecule has 1 aliphatic carbocycles. The number of ether oxygens (including phenoxy) is 1. The number of hydrogen-bond acceptors (Lipinski definition) is 3. The number of rotatable bonds is 3. The van der Waals surface area contributed by atoms with Crippen molar-refractivity contribution in [1.29, 1.82) is 0 Å². The molecule has 1 aliphatic rings. The van der Waals surface area contributed by atoms with Gasteiger partial charge in [-0.05, 0) is 41.4 Å². The molecule has 0 spiro atoms. The molecule has 0 N–H and O–H groups in total. The van der Waals surface area contributed by atoms with E-state index in [1.54, 1.807) is 19.2 Å². The van der Waals surface area contributed by atoms with Gasteiger partial charge in [-0.1, -0.05) is 33.8 Å². The maximum Gasteiger partial charge on any atom is 0.277 e. The molecule has 0 aromatic heterocycles. The number of nitro groups is 1. The first kappa shape index (κ1) is 15.5. The van der Waals surface area contributed by atoms with Crippen molar-refractivity contribution in [3.05, 3.63) is 40.0 Å². The van der Waals surface area contributed by atoms with E-state index in [-0.39, 0.29) is 21.4 Å². The summed E-state index contributed by atoms with van der Waals surface area (Å²) in [5.41, 5.74) is 2.04. The Kier molecular flexibility index (Phi) is 3.83. The predicted molar refractivity (Wildman–Crippen MR) is 84.4 cm³/mol. The van der Waals surface area contributed by atoms with E-state index >= 15 is 0 Å². The van der Waals surface area contributed by atoms with Crippen LogP contribution in [0.5, 0.6) is 5.75 Å². The van der Waals surface area contributed by atoms with Gasteiger partial charge in [0.1, 0.15) is 5.75 Å². The summed E-state index contributed by atoms with van der Waals surface area (Å²) >= 11 is 0. The van der Waals surface area contributed by atoms with E-state index in [9.17, 15) is 10.1 Å². The van der Waals surface area contributed by atoms with Gasteiger partial charge in [-0.25, -0.2) is 0 Å². The Morgan fingerprint density at radius 3 is 2.43 bits per heavy atom. The Bertz CT molecular complexity index is 600. The van der Waals surface area contributed by atoms with Crippen molar-refractivity contribution < 1.29 is 9.66 Å². The molecule has 0 saturated carbocycles. The molecule has 0 fully saturated rings. The number of allylic oxidation sites excluding steroid dienone is 2. The molecule has 4 heteroatoms. The fourth-order valence-electron chi connectivity index (χ4n) is 3.62. The first-order valence-corrected chi connectivity index (χ1v) is 7.18. The average Bonchev–Trinajstić information content (AvgIpc) is 2.34. The van der Waals surface area contributed by atoms with E-state index in [1.807, 2.05) is 0 Å². The number of nitrogens with zero attached hydrogens (tertiary/aromatic N) is 1. The first-order valence-electron chi connectivity index (χ1n) is 7.18. The Morgan fingerprint density at radius 2 is 1.90 bits per heavy atom. The zero-order chi connectivity index (χ0) is 15.8. The largest absolute Gasteiger partial charge is 0.497 e. The number of nitro benzene ring substituents is 1. The number of benzene rings is 1. The summed E-state index contributed by atoms with van der Waals surface area (Å²) in [5.74, 6) is 0.651. The molecule has 0 heterocycles. The third-order valence-electron chi connectivity index (χ3n) is 3.91. The highest BCUT2D eigenvalue weighted by molar-refractivity contribution is 5.75.